The normalized spacial score (nSPS) is 37.5. The van der Waals surface area contributed by atoms with Gasteiger partial charge in [0.25, 0.3) is 0 Å². The fourth-order valence-corrected chi connectivity index (χ4v) is 2.46. The van der Waals surface area contributed by atoms with E-state index in [1.54, 1.807) is 0 Å². The van der Waals surface area contributed by atoms with E-state index in [4.69, 9.17) is 0 Å². The largest absolute Gasteiger partial charge is 0.304 e. The lowest BCUT2D eigenvalue weighted by Crippen LogP contribution is -2.66. The molecular formula is C9H19N3. The SMILES string of the molecule is CCNN1CCC12CCN(C)C2. The number of nitrogens with one attached hydrogen (secondary N) is 1. The van der Waals surface area contributed by atoms with Gasteiger partial charge in [-0.3, -0.25) is 5.43 Å². The van der Waals surface area contributed by atoms with Crippen LogP contribution in [0.5, 0.6) is 0 Å². The Morgan fingerprint density at radius 3 is 2.50 bits per heavy atom. The Hall–Kier alpha value is -0.120. The predicted molar refractivity (Wildman–Crippen MR) is 49.8 cm³/mol. The van der Waals surface area contributed by atoms with Crippen LogP contribution in [0.15, 0.2) is 0 Å². The van der Waals surface area contributed by atoms with Gasteiger partial charge < -0.3 is 4.90 Å². The van der Waals surface area contributed by atoms with Crippen molar-refractivity contribution < 1.29 is 0 Å². The summed E-state index contributed by atoms with van der Waals surface area (Å²) in [4.78, 5) is 2.43. The second-order valence-corrected chi connectivity index (χ2v) is 4.13. The molecule has 2 aliphatic rings. The van der Waals surface area contributed by atoms with Gasteiger partial charge >= 0.3 is 0 Å². The Morgan fingerprint density at radius 2 is 2.08 bits per heavy atom. The van der Waals surface area contributed by atoms with E-state index in [1.165, 1.54) is 32.5 Å². The number of hydrogen-bond donors (Lipinski definition) is 1. The van der Waals surface area contributed by atoms with Crippen LogP contribution in [0.4, 0.5) is 0 Å². The molecule has 1 unspecified atom stereocenters. The molecule has 0 bridgehead atoms. The number of likely N-dealkylation sites (N-methyl/N-ethyl adjacent to an activating group) is 1. The van der Waals surface area contributed by atoms with E-state index >= 15 is 0 Å². The van der Waals surface area contributed by atoms with Crippen LogP contribution >= 0.6 is 0 Å². The molecule has 1 spiro atoms. The zero-order valence-electron chi connectivity index (χ0n) is 8.14. The summed E-state index contributed by atoms with van der Waals surface area (Å²) in [6.45, 7) is 6.99. The molecule has 2 fully saturated rings. The van der Waals surface area contributed by atoms with E-state index in [2.05, 4.69) is 29.3 Å². The molecule has 70 valence electrons. The van der Waals surface area contributed by atoms with E-state index < -0.39 is 0 Å². The van der Waals surface area contributed by atoms with Gasteiger partial charge in [0.2, 0.25) is 0 Å². The summed E-state index contributed by atoms with van der Waals surface area (Å²) in [6.07, 6.45) is 2.72. The van der Waals surface area contributed by atoms with Gasteiger partial charge in [0.15, 0.2) is 0 Å². The van der Waals surface area contributed by atoms with E-state index in [9.17, 15) is 0 Å². The minimum Gasteiger partial charge on any atom is -0.304 e. The summed E-state index contributed by atoms with van der Waals surface area (Å²) in [5.41, 5.74) is 3.95. The highest BCUT2D eigenvalue weighted by molar-refractivity contribution is 5.03. The molecule has 1 atom stereocenters. The lowest BCUT2D eigenvalue weighted by atomic mass is 9.86. The zero-order valence-corrected chi connectivity index (χ0v) is 8.14. The maximum Gasteiger partial charge on any atom is 0.0505 e. The molecule has 0 aromatic heterocycles. The van der Waals surface area contributed by atoms with Crippen LogP contribution in [0.2, 0.25) is 0 Å². The van der Waals surface area contributed by atoms with E-state index in [0.717, 1.165) is 6.54 Å². The molecule has 3 nitrogen and oxygen atoms in total. The van der Waals surface area contributed by atoms with Crippen molar-refractivity contribution in [3.8, 4) is 0 Å². The summed E-state index contributed by atoms with van der Waals surface area (Å²) < 4.78 is 0. The van der Waals surface area contributed by atoms with Crippen LogP contribution in [-0.2, 0) is 0 Å². The van der Waals surface area contributed by atoms with Crippen molar-refractivity contribution in [2.75, 3.05) is 33.2 Å². The molecule has 2 saturated heterocycles. The maximum absolute atomic E-state index is 3.44. The number of likely N-dealkylation sites (tertiary alicyclic amines) is 1. The fraction of sp³-hybridized carbons (Fsp3) is 1.00. The van der Waals surface area contributed by atoms with Crippen LogP contribution in [0.25, 0.3) is 0 Å². The average molecular weight is 169 g/mol. The molecule has 0 saturated carbocycles. The summed E-state index contributed by atoms with van der Waals surface area (Å²) in [5, 5.41) is 2.44. The molecule has 0 radical (unpaired) electrons. The lowest BCUT2D eigenvalue weighted by Gasteiger charge is -2.50. The van der Waals surface area contributed by atoms with Crippen molar-refractivity contribution in [3.63, 3.8) is 0 Å². The average Bonchev–Trinajstić information content (AvgIpc) is 2.44. The molecule has 2 aliphatic heterocycles. The summed E-state index contributed by atoms with van der Waals surface area (Å²) >= 11 is 0. The van der Waals surface area contributed by atoms with Gasteiger partial charge in [-0.2, -0.15) is 0 Å². The molecule has 3 heteroatoms. The van der Waals surface area contributed by atoms with Crippen molar-refractivity contribution in [1.29, 1.82) is 0 Å². The highest BCUT2D eigenvalue weighted by Gasteiger charge is 2.48. The Morgan fingerprint density at radius 1 is 1.33 bits per heavy atom. The fourth-order valence-electron chi connectivity index (χ4n) is 2.46. The minimum atomic E-state index is 0.505. The number of nitrogens with zero attached hydrogens (tertiary/aromatic N) is 2. The number of rotatable bonds is 2. The van der Waals surface area contributed by atoms with E-state index in [-0.39, 0.29) is 0 Å². The highest BCUT2D eigenvalue weighted by atomic mass is 15.6. The van der Waals surface area contributed by atoms with Gasteiger partial charge in [-0.25, -0.2) is 5.01 Å². The topological polar surface area (TPSA) is 18.5 Å². The molecule has 0 aliphatic carbocycles. The van der Waals surface area contributed by atoms with Gasteiger partial charge in [-0.15, -0.1) is 0 Å². The first kappa shape index (κ1) is 8.48. The summed E-state index contributed by atoms with van der Waals surface area (Å²) in [6, 6.07) is 0. The smallest absolute Gasteiger partial charge is 0.0505 e. The first-order valence-corrected chi connectivity index (χ1v) is 4.96. The first-order chi connectivity index (χ1) is 5.77. The van der Waals surface area contributed by atoms with Gasteiger partial charge in [-0.05, 0) is 26.4 Å². The standard InChI is InChI=1S/C9H19N3/c1-3-10-12-7-5-9(12)4-6-11(2)8-9/h10H,3-8H2,1-2H3. The van der Waals surface area contributed by atoms with Crippen molar-refractivity contribution >= 4 is 0 Å². The third-order valence-corrected chi connectivity index (χ3v) is 3.25. The Balaban J connectivity index is 1.94. The van der Waals surface area contributed by atoms with Crippen molar-refractivity contribution in [2.45, 2.75) is 25.3 Å². The maximum atomic E-state index is 3.44. The van der Waals surface area contributed by atoms with Gasteiger partial charge in [-0.1, -0.05) is 6.92 Å². The van der Waals surface area contributed by atoms with Gasteiger partial charge in [0, 0.05) is 19.6 Å². The van der Waals surface area contributed by atoms with Gasteiger partial charge in [0.1, 0.15) is 0 Å². The molecular weight excluding hydrogens is 150 g/mol. The van der Waals surface area contributed by atoms with Crippen LogP contribution < -0.4 is 5.43 Å². The molecule has 0 aromatic rings. The number of hydrazine groups is 1. The Kier molecular flexibility index (Phi) is 2.10. The lowest BCUT2D eigenvalue weighted by molar-refractivity contribution is -0.0492. The second kappa shape index (κ2) is 2.98. The first-order valence-electron chi connectivity index (χ1n) is 4.96. The quantitative estimate of drug-likeness (QED) is 0.641. The van der Waals surface area contributed by atoms with E-state index in [1.807, 2.05) is 0 Å². The molecule has 1 N–H and O–H groups in total. The third-order valence-electron chi connectivity index (χ3n) is 3.25. The predicted octanol–water partition coefficient (Wildman–Crippen LogP) is 0.291. The zero-order chi connectivity index (χ0) is 8.60. The molecule has 12 heavy (non-hydrogen) atoms. The van der Waals surface area contributed by atoms with Crippen molar-refractivity contribution in [1.82, 2.24) is 15.3 Å². The molecule has 0 amide bonds. The van der Waals surface area contributed by atoms with Crippen LogP contribution in [0, 0.1) is 0 Å². The number of hydrogen-bond acceptors (Lipinski definition) is 3. The van der Waals surface area contributed by atoms with Gasteiger partial charge in [0.05, 0.1) is 5.54 Å². The molecule has 2 heterocycles. The highest BCUT2D eigenvalue weighted by Crippen LogP contribution is 2.36. The Bertz CT molecular complexity index is 171. The van der Waals surface area contributed by atoms with Crippen LogP contribution in [0.1, 0.15) is 19.8 Å². The monoisotopic (exact) mass is 169 g/mol. The molecule has 0 aromatic carbocycles. The second-order valence-electron chi connectivity index (χ2n) is 4.13. The summed E-state index contributed by atoms with van der Waals surface area (Å²) in [5.74, 6) is 0. The third kappa shape index (κ3) is 1.16. The summed E-state index contributed by atoms with van der Waals surface area (Å²) in [7, 11) is 2.22. The Labute approximate surface area is 74.7 Å². The van der Waals surface area contributed by atoms with Crippen molar-refractivity contribution in [2.24, 2.45) is 0 Å². The van der Waals surface area contributed by atoms with Crippen molar-refractivity contribution in [3.05, 3.63) is 0 Å². The van der Waals surface area contributed by atoms with Crippen LogP contribution in [0.3, 0.4) is 0 Å². The van der Waals surface area contributed by atoms with E-state index in [0.29, 0.717) is 5.54 Å². The van der Waals surface area contributed by atoms with Crippen LogP contribution in [-0.4, -0.2) is 48.7 Å². The molecule has 2 rings (SSSR count). The minimum absolute atomic E-state index is 0.505.